The van der Waals surface area contributed by atoms with Gasteiger partial charge in [0.2, 0.25) is 5.88 Å². The molecular weight excluding hydrogens is 426 g/mol. The smallest absolute Gasteiger partial charge is 0.331 e. The van der Waals surface area contributed by atoms with E-state index in [1.165, 1.54) is 6.08 Å². The number of ether oxygens (including phenoxy) is 1. The van der Waals surface area contributed by atoms with Crippen molar-refractivity contribution in [2.24, 2.45) is 4.99 Å². The maximum Gasteiger partial charge on any atom is 0.331 e. The summed E-state index contributed by atoms with van der Waals surface area (Å²) < 4.78 is 6.92. The number of nitrogens with one attached hydrogen (secondary N) is 1. The fourth-order valence-corrected chi connectivity index (χ4v) is 4.96. The number of allylic oxidation sites excluding steroid dienone is 1. The molecule has 32 heavy (non-hydrogen) atoms. The Morgan fingerprint density at radius 2 is 2.00 bits per heavy atom. The van der Waals surface area contributed by atoms with Crippen LogP contribution in [-0.4, -0.2) is 27.0 Å². The van der Waals surface area contributed by atoms with Crippen molar-refractivity contribution in [1.29, 1.82) is 0 Å². The Balaban J connectivity index is 1.91. The van der Waals surface area contributed by atoms with Gasteiger partial charge in [-0.1, -0.05) is 36.4 Å². The van der Waals surface area contributed by atoms with E-state index in [-0.39, 0.29) is 17.4 Å². The van der Waals surface area contributed by atoms with E-state index >= 15 is 0 Å². The molecule has 1 atom stereocenters. The predicted octanol–water partition coefficient (Wildman–Crippen LogP) is 4.18. The Kier molecular flexibility index (Phi) is 6.32. The molecule has 7 nitrogen and oxygen atoms in total. The number of fused-ring (bicyclic) bond motifs is 1. The van der Waals surface area contributed by atoms with Gasteiger partial charge in [-0.3, -0.25) is 19.3 Å². The standard InChI is InChI=1S/C24H23N3O4S/c1-3-13-27-23(29)21(22(28)26-24(27)30)17-14-20(15-9-5-7-11-18(15)31-4-2)32-19-12-8-6-10-16(19)25-17/h3,5-12,20,29H,1,4,13-14H2,2H3,(H,26,28,30)/t20-/m1/s1. The van der Waals surface area contributed by atoms with Gasteiger partial charge < -0.3 is 9.84 Å². The van der Waals surface area contributed by atoms with Crippen LogP contribution in [-0.2, 0) is 6.54 Å². The summed E-state index contributed by atoms with van der Waals surface area (Å²) in [7, 11) is 0. The highest BCUT2D eigenvalue weighted by Crippen LogP contribution is 2.47. The molecule has 8 heteroatoms. The van der Waals surface area contributed by atoms with Crippen molar-refractivity contribution in [2.45, 2.75) is 30.0 Å². The fourth-order valence-electron chi connectivity index (χ4n) is 3.69. The monoisotopic (exact) mass is 449 g/mol. The van der Waals surface area contributed by atoms with Gasteiger partial charge in [0.15, 0.2) is 0 Å². The number of aromatic amines is 1. The Hall–Kier alpha value is -3.52. The Morgan fingerprint density at radius 1 is 1.25 bits per heavy atom. The molecule has 1 aliphatic heterocycles. The van der Waals surface area contributed by atoms with Crippen LogP contribution in [0.3, 0.4) is 0 Å². The molecule has 0 unspecified atom stereocenters. The Bertz CT molecular complexity index is 1310. The fraction of sp³-hybridized carbons (Fsp3) is 0.208. The summed E-state index contributed by atoms with van der Waals surface area (Å²) in [5.74, 6) is 0.347. The molecular formula is C24H23N3O4S. The number of hydrogen-bond donors (Lipinski definition) is 2. The van der Waals surface area contributed by atoms with Crippen LogP contribution in [0.4, 0.5) is 5.69 Å². The SMILES string of the molecule is C=CCn1c(O)c(C2=Nc3ccccc3S[C@@H](c3ccccc3OCC)C2)c(=O)[nH]c1=O. The molecule has 2 N–H and O–H groups in total. The highest BCUT2D eigenvalue weighted by Gasteiger charge is 2.28. The number of rotatable bonds is 6. The van der Waals surface area contributed by atoms with Gasteiger partial charge in [0, 0.05) is 28.7 Å². The number of nitrogens with zero attached hydrogens (tertiary/aromatic N) is 2. The molecule has 4 rings (SSSR count). The number of aliphatic imine (C=N–C) groups is 1. The lowest BCUT2D eigenvalue weighted by Crippen LogP contribution is -2.34. The lowest BCUT2D eigenvalue weighted by molar-refractivity contribution is 0.336. The second kappa shape index (κ2) is 9.32. The third-order valence-corrected chi connectivity index (χ3v) is 6.41. The average Bonchev–Trinajstić information content (AvgIpc) is 2.96. The van der Waals surface area contributed by atoms with Crippen LogP contribution in [0.2, 0.25) is 0 Å². The third-order valence-electron chi connectivity index (χ3n) is 5.11. The number of thioether (sulfide) groups is 1. The highest BCUT2D eigenvalue weighted by atomic mass is 32.2. The largest absolute Gasteiger partial charge is 0.494 e. The van der Waals surface area contributed by atoms with Crippen LogP contribution < -0.4 is 16.0 Å². The number of H-pyrrole nitrogens is 1. The number of para-hydroxylation sites is 2. The topological polar surface area (TPSA) is 96.7 Å². The summed E-state index contributed by atoms with van der Waals surface area (Å²) >= 11 is 1.63. The maximum atomic E-state index is 12.8. The van der Waals surface area contributed by atoms with E-state index in [1.807, 2.05) is 55.5 Å². The molecule has 2 heterocycles. The molecule has 0 saturated carbocycles. The van der Waals surface area contributed by atoms with Crippen molar-refractivity contribution in [3.63, 3.8) is 0 Å². The average molecular weight is 450 g/mol. The number of hydrogen-bond acceptors (Lipinski definition) is 6. The van der Waals surface area contributed by atoms with Gasteiger partial charge in [-0.05, 0) is 25.1 Å². The van der Waals surface area contributed by atoms with Crippen LogP contribution in [0.25, 0.3) is 0 Å². The zero-order chi connectivity index (χ0) is 22.7. The van der Waals surface area contributed by atoms with Crippen molar-refractivity contribution in [1.82, 2.24) is 9.55 Å². The second-order valence-corrected chi connectivity index (χ2v) is 8.41. The van der Waals surface area contributed by atoms with E-state index in [1.54, 1.807) is 11.8 Å². The zero-order valence-electron chi connectivity index (χ0n) is 17.6. The van der Waals surface area contributed by atoms with Gasteiger partial charge >= 0.3 is 5.69 Å². The van der Waals surface area contributed by atoms with E-state index in [0.717, 1.165) is 20.8 Å². The van der Waals surface area contributed by atoms with Crippen molar-refractivity contribution in [2.75, 3.05) is 6.61 Å². The molecule has 0 amide bonds. The van der Waals surface area contributed by atoms with Gasteiger partial charge in [-0.25, -0.2) is 4.79 Å². The molecule has 2 aromatic carbocycles. The Labute approximate surface area is 189 Å². The molecule has 0 radical (unpaired) electrons. The van der Waals surface area contributed by atoms with Gasteiger partial charge in [-0.15, -0.1) is 18.3 Å². The van der Waals surface area contributed by atoms with Crippen molar-refractivity contribution < 1.29 is 9.84 Å². The van der Waals surface area contributed by atoms with Gasteiger partial charge in [0.25, 0.3) is 5.56 Å². The maximum absolute atomic E-state index is 12.8. The zero-order valence-corrected chi connectivity index (χ0v) is 18.4. The molecule has 164 valence electrons. The van der Waals surface area contributed by atoms with Crippen molar-refractivity contribution >= 4 is 23.2 Å². The lowest BCUT2D eigenvalue weighted by atomic mass is 10.0. The minimum Gasteiger partial charge on any atom is -0.494 e. The van der Waals surface area contributed by atoms with Crippen LogP contribution in [0.5, 0.6) is 11.6 Å². The lowest BCUT2D eigenvalue weighted by Gasteiger charge is -2.19. The number of aromatic nitrogens is 2. The molecule has 0 fully saturated rings. The Morgan fingerprint density at radius 3 is 2.78 bits per heavy atom. The van der Waals surface area contributed by atoms with Gasteiger partial charge in [0.1, 0.15) is 11.3 Å². The normalized spacial score (nSPS) is 15.4. The first-order valence-electron chi connectivity index (χ1n) is 10.3. The van der Waals surface area contributed by atoms with E-state index in [4.69, 9.17) is 9.73 Å². The van der Waals surface area contributed by atoms with Crippen molar-refractivity contribution in [3.05, 3.63) is 93.2 Å². The summed E-state index contributed by atoms with van der Waals surface area (Å²) in [4.78, 5) is 33.0. The van der Waals surface area contributed by atoms with Crippen molar-refractivity contribution in [3.8, 4) is 11.6 Å². The highest BCUT2D eigenvalue weighted by molar-refractivity contribution is 7.99. The first-order valence-corrected chi connectivity index (χ1v) is 11.1. The summed E-state index contributed by atoms with van der Waals surface area (Å²) in [6.07, 6.45) is 1.83. The van der Waals surface area contributed by atoms with E-state index in [2.05, 4.69) is 11.6 Å². The molecule has 1 aliphatic rings. The van der Waals surface area contributed by atoms with E-state index in [0.29, 0.717) is 24.4 Å². The first-order chi connectivity index (χ1) is 15.5. The van der Waals surface area contributed by atoms with E-state index < -0.39 is 17.1 Å². The minimum absolute atomic E-state index is 0.0114. The minimum atomic E-state index is -0.696. The third kappa shape index (κ3) is 4.13. The predicted molar refractivity (Wildman–Crippen MR) is 127 cm³/mol. The van der Waals surface area contributed by atoms with Crippen LogP contribution in [0, 0.1) is 0 Å². The summed E-state index contributed by atoms with van der Waals surface area (Å²) in [5.41, 5.74) is 0.687. The molecule has 1 aromatic heterocycles. The van der Waals surface area contributed by atoms with Gasteiger partial charge in [-0.2, -0.15) is 0 Å². The molecule has 0 bridgehead atoms. The van der Waals surface area contributed by atoms with Gasteiger partial charge in [0.05, 0.1) is 18.0 Å². The first kappa shape index (κ1) is 21.7. The summed E-state index contributed by atoms with van der Waals surface area (Å²) in [6, 6.07) is 15.4. The molecule has 3 aromatic rings. The summed E-state index contributed by atoms with van der Waals surface area (Å²) in [6.45, 7) is 6.13. The van der Waals surface area contributed by atoms with Crippen LogP contribution >= 0.6 is 11.8 Å². The number of aromatic hydroxyl groups is 1. The molecule has 0 aliphatic carbocycles. The van der Waals surface area contributed by atoms with Crippen LogP contribution in [0.1, 0.15) is 29.7 Å². The summed E-state index contributed by atoms with van der Waals surface area (Å²) in [5, 5.41) is 10.7. The quantitative estimate of drug-likeness (QED) is 0.550. The molecule has 0 saturated heterocycles. The number of benzene rings is 2. The second-order valence-electron chi connectivity index (χ2n) is 7.16. The van der Waals surface area contributed by atoms with E-state index in [9.17, 15) is 14.7 Å². The van der Waals surface area contributed by atoms with Crippen LogP contribution in [0.15, 0.2) is 80.7 Å². The molecule has 0 spiro atoms.